The first-order valence-corrected chi connectivity index (χ1v) is 7.04. The summed E-state index contributed by atoms with van der Waals surface area (Å²) in [6.07, 6.45) is 0. The third-order valence-corrected chi connectivity index (χ3v) is 3.76. The number of anilines is 1. The Morgan fingerprint density at radius 3 is 2.32 bits per heavy atom. The minimum absolute atomic E-state index is 0.142. The Labute approximate surface area is 120 Å². The Kier molecular flexibility index (Phi) is 5.67. The van der Waals surface area contributed by atoms with E-state index in [0.29, 0.717) is 40.6 Å². The van der Waals surface area contributed by atoms with E-state index in [2.05, 4.69) is 33.0 Å². The summed E-state index contributed by atoms with van der Waals surface area (Å²) in [6, 6.07) is 4.94. The van der Waals surface area contributed by atoms with Crippen LogP contribution in [-0.2, 0) is 0 Å². The monoisotopic (exact) mass is 282 g/mol. The number of carbonyl (C=O) groups excluding carboxylic acids is 1. The maximum absolute atomic E-state index is 12.1. The molecule has 1 amide bonds. The van der Waals surface area contributed by atoms with Crippen molar-refractivity contribution in [2.75, 3.05) is 12.3 Å². The van der Waals surface area contributed by atoms with Gasteiger partial charge in [0.15, 0.2) is 0 Å². The Morgan fingerprint density at radius 2 is 1.84 bits per heavy atom. The fraction of sp³-hybridized carbons (Fsp3) is 0.533. The van der Waals surface area contributed by atoms with E-state index in [1.54, 1.807) is 18.2 Å². The van der Waals surface area contributed by atoms with Gasteiger partial charge in [-0.2, -0.15) is 0 Å². The molecular weight excluding hydrogens is 260 g/mol. The first-order valence-electron chi connectivity index (χ1n) is 6.66. The quantitative estimate of drug-likeness (QED) is 0.811. The number of carbonyl (C=O) groups is 1. The van der Waals surface area contributed by atoms with Gasteiger partial charge in [-0.1, -0.05) is 39.3 Å². The van der Waals surface area contributed by atoms with Crippen molar-refractivity contribution in [2.45, 2.75) is 27.7 Å². The Bertz CT molecular complexity index is 436. The van der Waals surface area contributed by atoms with Crippen molar-refractivity contribution in [1.29, 1.82) is 0 Å². The average Bonchev–Trinajstić information content (AvgIpc) is 2.27. The predicted octanol–water partition coefficient (Wildman–Crippen LogP) is 3.58. The average molecular weight is 283 g/mol. The van der Waals surface area contributed by atoms with Crippen LogP contribution in [0.2, 0.25) is 5.02 Å². The molecule has 0 heterocycles. The number of nitrogens with one attached hydrogen (secondary N) is 1. The van der Waals surface area contributed by atoms with Gasteiger partial charge in [0.1, 0.15) is 0 Å². The molecule has 0 aliphatic rings. The van der Waals surface area contributed by atoms with Gasteiger partial charge in [0.05, 0.1) is 10.6 Å². The lowest BCUT2D eigenvalue weighted by Crippen LogP contribution is -2.34. The first-order chi connectivity index (χ1) is 8.82. The van der Waals surface area contributed by atoms with Gasteiger partial charge in [-0.05, 0) is 36.0 Å². The number of rotatable bonds is 5. The zero-order valence-corrected chi connectivity index (χ0v) is 12.8. The lowest BCUT2D eigenvalue weighted by Gasteiger charge is -2.25. The van der Waals surface area contributed by atoms with E-state index in [9.17, 15) is 4.79 Å². The summed E-state index contributed by atoms with van der Waals surface area (Å²) in [7, 11) is 0. The molecule has 0 atom stereocenters. The Balaban J connectivity index is 2.69. The highest BCUT2D eigenvalue weighted by Crippen LogP contribution is 2.21. The largest absolute Gasteiger partial charge is 0.399 e. The zero-order valence-electron chi connectivity index (χ0n) is 12.0. The molecular formula is C15H23ClN2O. The molecule has 0 saturated carbocycles. The van der Waals surface area contributed by atoms with Gasteiger partial charge in [0.25, 0.3) is 5.91 Å². The molecule has 0 aliphatic heterocycles. The van der Waals surface area contributed by atoms with Crippen molar-refractivity contribution in [2.24, 2.45) is 17.8 Å². The van der Waals surface area contributed by atoms with Crippen LogP contribution < -0.4 is 11.1 Å². The van der Waals surface area contributed by atoms with E-state index >= 15 is 0 Å². The fourth-order valence-electron chi connectivity index (χ4n) is 2.26. The highest BCUT2D eigenvalue weighted by molar-refractivity contribution is 6.34. The van der Waals surface area contributed by atoms with Crippen LogP contribution in [0.4, 0.5) is 5.69 Å². The van der Waals surface area contributed by atoms with Gasteiger partial charge in [-0.25, -0.2) is 0 Å². The Morgan fingerprint density at radius 1 is 1.26 bits per heavy atom. The molecule has 106 valence electrons. The fourth-order valence-corrected chi connectivity index (χ4v) is 2.54. The van der Waals surface area contributed by atoms with Crippen LogP contribution in [0.3, 0.4) is 0 Å². The van der Waals surface area contributed by atoms with Crippen LogP contribution >= 0.6 is 11.6 Å². The van der Waals surface area contributed by atoms with Crippen LogP contribution in [0.25, 0.3) is 0 Å². The van der Waals surface area contributed by atoms with E-state index in [1.807, 2.05) is 0 Å². The van der Waals surface area contributed by atoms with Crippen molar-refractivity contribution < 1.29 is 4.79 Å². The second-order valence-corrected chi connectivity index (χ2v) is 6.01. The number of hydrogen-bond acceptors (Lipinski definition) is 2. The van der Waals surface area contributed by atoms with Crippen LogP contribution in [0.15, 0.2) is 18.2 Å². The van der Waals surface area contributed by atoms with Gasteiger partial charge < -0.3 is 11.1 Å². The topological polar surface area (TPSA) is 55.1 Å². The summed E-state index contributed by atoms with van der Waals surface area (Å²) < 4.78 is 0. The lowest BCUT2D eigenvalue weighted by atomic mass is 9.85. The van der Waals surface area contributed by atoms with Crippen molar-refractivity contribution in [3.8, 4) is 0 Å². The molecule has 1 aromatic rings. The first kappa shape index (κ1) is 15.8. The molecule has 0 aliphatic carbocycles. The maximum Gasteiger partial charge on any atom is 0.252 e. The van der Waals surface area contributed by atoms with Crippen molar-refractivity contribution in [3.05, 3.63) is 28.8 Å². The molecule has 3 nitrogen and oxygen atoms in total. The van der Waals surface area contributed by atoms with Gasteiger partial charge in [0, 0.05) is 12.2 Å². The second-order valence-electron chi connectivity index (χ2n) is 5.60. The summed E-state index contributed by atoms with van der Waals surface area (Å²) in [4.78, 5) is 12.1. The van der Waals surface area contributed by atoms with Gasteiger partial charge in [0.2, 0.25) is 0 Å². The van der Waals surface area contributed by atoms with E-state index in [-0.39, 0.29) is 5.91 Å². The number of halogens is 1. The summed E-state index contributed by atoms with van der Waals surface area (Å²) in [5, 5.41) is 3.35. The lowest BCUT2D eigenvalue weighted by molar-refractivity contribution is 0.0937. The van der Waals surface area contributed by atoms with E-state index in [1.165, 1.54) is 0 Å². The molecule has 0 fully saturated rings. The molecule has 0 aromatic heterocycles. The van der Waals surface area contributed by atoms with Crippen LogP contribution in [0.1, 0.15) is 38.1 Å². The van der Waals surface area contributed by atoms with Gasteiger partial charge in [-0.15, -0.1) is 0 Å². The van der Waals surface area contributed by atoms with Crippen LogP contribution in [0.5, 0.6) is 0 Å². The molecule has 0 bridgehead atoms. The molecule has 0 unspecified atom stereocenters. The van der Waals surface area contributed by atoms with E-state index < -0.39 is 0 Å². The molecule has 3 N–H and O–H groups in total. The number of hydrogen-bond donors (Lipinski definition) is 2. The molecule has 19 heavy (non-hydrogen) atoms. The number of nitrogen functional groups attached to an aromatic ring is 1. The smallest absolute Gasteiger partial charge is 0.252 e. The van der Waals surface area contributed by atoms with Crippen LogP contribution in [0, 0.1) is 17.8 Å². The van der Waals surface area contributed by atoms with Crippen molar-refractivity contribution in [3.63, 3.8) is 0 Å². The third kappa shape index (κ3) is 4.43. The summed E-state index contributed by atoms with van der Waals surface area (Å²) in [5.74, 6) is 1.37. The molecule has 0 radical (unpaired) electrons. The Hall–Kier alpha value is -1.22. The van der Waals surface area contributed by atoms with E-state index in [0.717, 1.165) is 0 Å². The maximum atomic E-state index is 12.1. The number of nitrogens with two attached hydrogens (primary N) is 1. The third-order valence-electron chi connectivity index (χ3n) is 3.45. The molecule has 0 spiro atoms. The summed E-state index contributed by atoms with van der Waals surface area (Å²) in [5.41, 5.74) is 6.65. The highest BCUT2D eigenvalue weighted by atomic mass is 35.5. The summed E-state index contributed by atoms with van der Waals surface area (Å²) in [6.45, 7) is 9.36. The normalized spacial score (nSPS) is 11.4. The molecule has 4 heteroatoms. The van der Waals surface area contributed by atoms with Crippen molar-refractivity contribution >= 4 is 23.2 Å². The van der Waals surface area contributed by atoms with E-state index in [4.69, 9.17) is 17.3 Å². The second kappa shape index (κ2) is 6.80. The minimum Gasteiger partial charge on any atom is -0.399 e. The van der Waals surface area contributed by atoms with Gasteiger partial charge in [-0.3, -0.25) is 4.79 Å². The van der Waals surface area contributed by atoms with Crippen molar-refractivity contribution in [1.82, 2.24) is 5.32 Å². The van der Waals surface area contributed by atoms with Gasteiger partial charge >= 0.3 is 0 Å². The van der Waals surface area contributed by atoms with Crippen LogP contribution in [-0.4, -0.2) is 12.5 Å². The predicted molar refractivity (Wildman–Crippen MR) is 81.4 cm³/mol. The minimum atomic E-state index is -0.142. The number of benzene rings is 1. The highest BCUT2D eigenvalue weighted by Gasteiger charge is 2.19. The standard InChI is InChI=1S/C15H23ClN2O/c1-9(2)13(10(3)4)8-18-15(19)12-6-5-11(17)7-14(12)16/h5-7,9-10,13H,8,17H2,1-4H3,(H,18,19). The SMILES string of the molecule is CC(C)C(CNC(=O)c1ccc(N)cc1Cl)C(C)C. The number of amides is 1. The zero-order chi connectivity index (χ0) is 14.6. The molecule has 1 rings (SSSR count). The molecule has 0 saturated heterocycles. The summed E-state index contributed by atoms with van der Waals surface area (Å²) >= 11 is 6.02. The molecule has 1 aromatic carbocycles.